The maximum absolute atomic E-state index is 12.6. The smallest absolute Gasteiger partial charge is 0.160 e. The minimum Gasteiger partial charge on any atom is -0.299 e. The Morgan fingerprint density at radius 1 is 0.905 bits per heavy atom. The van der Waals surface area contributed by atoms with Crippen molar-refractivity contribution in [3.8, 4) is 0 Å². The van der Waals surface area contributed by atoms with E-state index < -0.39 is 5.41 Å². The van der Waals surface area contributed by atoms with Crippen LogP contribution in [0.1, 0.15) is 47.3 Å². The number of hydrogen-bond acceptors (Lipinski definition) is 2. The highest BCUT2D eigenvalue weighted by atomic mass is 16.1. The quantitative estimate of drug-likeness (QED) is 0.802. The highest BCUT2D eigenvalue weighted by molar-refractivity contribution is 6.01. The molecule has 1 aliphatic rings. The third-order valence-corrected chi connectivity index (χ3v) is 4.61. The Balaban J connectivity index is 2.32. The topological polar surface area (TPSA) is 34.1 Å². The summed E-state index contributed by atoms with van der Waals surface area (Å²) >= 11 is 0. The highest BCUT2D eigenvalue weighted by Gasteiger charge is 2.45. The fourth-order valence-corrected chi connectivity index (χ4v) is 3.61. The van der Waals surface area contributed by atoms with Gasteiger partial charge in [0.2, 0.25) is 0 Å². The van der Waals surface area contributed by atoms with E-state index in [4.69, 9.17) is 0 Å². The van der Waals surface area contributed by atoms with Gasteiger partial charge in [-0.1, -0.05) is 48.5 Å². The number of fused-ring (bicyclic) bond motifs is 1. The Morgan fingerprint density at radius 2 is 1.52 bits per heavy atom. The molecule has 0 saturated carbocycles. The number of carbonyl (C=O) groups is 2. The first-order valence-electron chi connectivity index (χ1n) is 7.27. The molecule has 2 nitrogen and oxygen atoms in total. The normalized spacial score (nSPS) is 20.1. The second-order valence-corrected chi connectivity index (χ2v) is 5.72. The van der Waals surface area contributed by atoms with Crippen molar-refractivity contribution in [1.29, 1.82) is 0 Å². The van der Waals surface area contributed by atoms with Gasteiger partial charge in [-0.05, 0) is 43.4 Å². The molecule has 0 N–H and O–H groups in total. The third kappa shape index (κ3) is 1.94. The summed E-state index contributed by atoms with van der Waals surface area (Å²) in [6.45, 7) is 3.20. The minimum atomic E-state index is -0.668. The van der Waals surface area contributed by atoms with Crippen molar-refractivity contribution in [2.75, 3.05) is 0 Å². The zero-order valence-corrected chi connectivity index (χ0v) is 12.3. The first kappa shape index (κ1) is 13.7. The zero-order valence-electron chi connectivity index (χ0n) is 12.3. The second-order valence-electron chi connectivity index (χ2n) is 5.72. The van der Waals surface area contributed by atoms with Gasteiger partial charge in [-0.15, -0.1) is 0 Å². The van der Waals surface area contributed by atoms with Gasteiger partial charge in [-0.2, -0.15) is 0 Å². The Kier molecular flexibility index (Phi) is 3.25. The molecule has 0 amide bonds. The van der Waals surface area contributed by atoms with Crippen molar-refractivity contribution in [3.05, 3.63) is 70.8 Å². The molecule has 1 unspecified atom stereocenters. The molecular weight excluding hydrogens is 260 g/mol. The first-order valence-corrected chi connectivity index (χ1v) is 7.27. The summed E-state index contributed by atoms with van der Waals surface area (Å²) in [6.07, 6.45) is 1.62. The van der Waals surface area contributed by atoms with Gasteiger partial charge in [-0.25, -0.2) is 0 Å². The van der Waals surface area contributed by atoms with E-state index in [0.717, 1.165) is 24.0 Å². The van der Waals surface area contributed by atoms with Gasteiger partial charge < -0.3 is 0 Å². The van der Waals surface area contributed by atoms with E-state index in [2.05, 4.69) is 6.07 Å². The summed E-state index contributed by atoms with van der Waals surface area (Å²) in [7, 11) is 0. The number of ketones is 2. The molecule has 0 fully saturated rings. The van der Waals surface area contributed by atoms with E-state index in [-0.39, 0.29) is 11.6 Å². The van der Waals surface area contributed by atoms with Crippen LogP contribution in [-0.2, 0) is 16.6 Å². The molecule has 0 aliphatic heterocycles. The van der Waals surface area contributed by atoms with Crippen LogP contribution in [0.3, 0.4) is 0 Å². The summed E-state index contributed by atoms with van der Waals surface area (Å²) in [5.74, 6) is 0.122. The third-order valence-electron chi connectivity index (χ3n) is 4.61. The first-order chi connectivity index (χ1) is 10.1. The van der Waals surface area contributed by atoms with Crippen LogP contribution in [0.15, 0.2) is 48.5 Å². The Bertz CT molecular complexity index is 730. The number of carbonyl (C=O) groups excluding carboxylic acids is 2. The van der Waals surface area contributed by atoms with Crippen LogP contribution in [0.25, 0.3) is 0 Å². The van der Waals surface area contributed by atoms with Gasteiger partial charge in [0.15, 0.2) is 5.78 Å². The van der Waals surface area contributed by atoms with Crippen molar-refractivity contribution in [1.82, 2.24) is 0 Å². The zero-order chi connectivity index (χ0) is 15.0. The monoisotopic (exact) mass is 278 g/mol. The van der Waals surface area contributed by atoms with Crippen LogP contribution >= 0.6 is 0 Å². The molecule has 0 spiro atoms. The second kappa shape index (κ2) is 4.96. The van der Waals surface area contributed by atoms with Crippen molar-refractivity contribution >= 4 is 11.6 Å². The average molecular weight is 278 g/mol. The molecule has 0 radical (unpaired) electrons. The lowest BCUT2D eigenvalue weighted by molar-refractivity contribution is -0.121. The van der Waals surface area contributed by atoms with Gasteiger partial charge in [-0.3, -0.25) is 9.59 Å². The molecule has 1 aliphatic carbocycles. The predicted molar refractivity (Wildman–Crippen MR) is 82.7 cm³/mol. The highest BCUT2D eigenvalue weighted by Crippen LogP contribution is 2.46. The van der Waals surface area contributed by atoms with E-state index in [1.165, 1.54) is 5.56 Å². The van der Waals surface area contributed by atoms with Crippen molar-refractivity contribution in [2.45, 2.75) is 32.1 Å². The SMILES string of the molecule is CC(=O)c1ccccc1C1(C(C)=O)CCc2ccccc21. The largest absolute Gasteiger partial charge is 0.299 e. The maximum Gasteiger partial charge on any atom is 0.160 e. The van der Waals surface area contributed by atoms with Gasteiger partial charge in [0, 0.05) is 5.56 Å². The van der Waals surface area contributed by atoms with Crippen LogP contribution in [0.4, 0.5) is 0 Å². The Hall–Kier alpha value is -2.22. The van der Waals surface area contributed by atoms with Crippen LogP contribution in [-0.4, -0.2) is 11.6 Å². The minimum absolute atomic E-state index is 0.00982. The van der Waals surface area contributed by atoms with E-state index >= 15 is 0 Å². The van der Waals surface area contributed by atoms with E-state index in [1.54, 1.807) is 13.8 Å². The Morgan fingerprint density at radius 3 is 2.19 bits per heavy atom. The molecule has 21 heavy (non-hydrogen) atoms. The molecule has 0 saturated heterocycles. The van der Waals surface area contributed by atoms with E-state index in [1.807, 2.05) is 42.5 Å². The molecule has 1 atom stereocenters. The molecule has 106 valence electrons. The molecule has 2 heteroatoms. The number of Topliss-reactive ketones (excluding diaryl/α,β-unsaturated/α-hetero) is 2. The molecule has 0 bridgehead atoms. The lowest BCUT2D eigenvalue weighted by Gasteiger charge is -2.30. The van der Waals surface area contributed by atoms with Crippen molar-refractivity contribution < 1.29 is 9.59 Å². The van der Waals surface area contributed by atoms with Gasteiger partial charge >= 0.3 is 0 Å². The van der Waals surface area contributed by atoms with Crippen LogP contribution in [0, 0.1) is 0 Å². The Labute approximate surface area is 124 Å². The van der Waals surface area contributed by atoms with Crippen molar-refractivity contribution in [3.63, 3.8) is 0 Å². The number of rotatable bonds is 3. The van der Waals surface area contributed by atoms with Crippen LogP contribution in [0.5, 0.6) is 0 Å². The summed E-state index contributed by atoms with van der Waals surface area (Å²) in [4.78, 5) is 24.6. The summed E-state index contributed by atoms with van der Waals surface area (Å²) < 4.78 is 0. The lowest BCUT2D eigenvalue weighted by Crippen LogP contribution is -2.34. The fraction of sp³-hybridized carbons (Fsp3) is 0.263. The molecule has 2 aromatic rings. The maximum atomic E-state index is 12.6. The number of hydrogen-bond donors (Lipinski definition) is 0. The molecule has 0 heterocycles. The van der Waals surface area contributed by atoms with Crippen LogP contribution in [0.2, 0.25) is 0 Å². The molecule has 2 aromatic carbocycles. The van der Waals surface area contributed by atoms with Gasteiger partial charge in [0.1, 0.15) is 5.78 Å². The van der Waals surface area contributed by atoms with E-state index in [9.17, 15) is 9.59 Å². The average Bonchev–Trinajstić information content (AvgIpc) is 2.88. The standard InChI is InChI=1S/C19H18O2/c1-13(20)16-8-4-6-10-18(16)19(14(2)21)12-11-15-7-3-5-9-17(15)19/h3-10H,11-12H2,1-2H3. The summed E-state index contributed by atoms with van der Waals surface area (Å²) in [5.41, 5.74) is 3.12. The molecule has 0 aromatic heterocycles. The van der Waals surface area contributed by atoms with Gasteiger partial charge in [0.25, 0.3) is 0 Å². The van der Waals surface area contributed by atoms with E-state index in [0.29, 0.717) is 5.56 Å². The lowest BCUT2D eigenvalue weighted by atomic mass is 9.70. The summed E-state index contributed by atoms with van der Waals surface area (Å²) in [6, 6.07) is 15.6. The number of benzene rings is 2. The van der Waals surface area contributed by atoms with Crippen molar-refractivity contribution in [2.24, 2.45) is 0 Å². The summed E-state index contributed by atoms with van der Waals surface area (Å²) in [5, 5.41) is 0. The molecular formula is C19H18O2. The molecule has 3 rings (SSSR count). The van der Waals surface area contributed by atoms with Crippen LogP contribution < -0.4 is 0 Å². The fourth-order valence-electron chi connectivity index (χ4n) is 3.61. The number of aryl methyl sites for hydroxylation is 1. The van der Waals surface area contributed by atoms with Gasteiger partial charge in [0.05, 0.1) is 5.41 Å². The predicted octanol–water partition coefficient (Wildman–Crippen LogP) is 3.71.